The highest BCUT2D eigenvalue weighted by atomic mass is 28.4. The number of carbonyl (C=O) groups excluding carboxylic acids is 1. The van der Waals surface area contributed by atoms with Gasteiger partial charge in [0, 0.05) is 18.8 Å². The van der Waals surface area contributed by atoms with Gasteiger partial charge in [-0.3, -0.25) is 0 Å². The van der Waals surface area contributed by atoms with Crippen molar-refractivity contribution >= 4 is 14.5 Å². The number of carbonyl (C=O) groups is 1. The van der Waals surface area contributed by atoms with E-state index in [2.05, 4.69) is 13.5 Å². The van der Waals surface area contributed by atoms with Crippen molar-refractivity contribution in [3.63, 3.8) is 0 Å². The van der Waals surface area contributed by atoms with Gasteiger partial charge < -0.3 is 13.6 Å². The number of hydrogen-bond acceptors (Lipinski definition) is 4. The van der Waals surface area contributed by atoms with E-state index >= 15 is 0 Å². The molecule has 5 heteroatoms. The maximum atomic E-state index is 11.8. The second-order valence-electron chi connectivity index (χ2n) is 4.70. The van der Waals surface area contributed by atoms with Gasteiger partial charge in [-0.1, -0.05) is 26.3 Å². The van der Waals surface area contributed by atoms with Gasteiger partial charge in [0.25, 0.3) is 0 Å². The number of esters is 1. The molecule has 0 spiro atoms. The largest absolute Gasteiger partial charge is 0.457 e. The van der Waals surface area contributed by atoms with Gasteiger partial charge in [0.15, 0.2) is 0 Å². The third-order valence-electron chi connectivity index (χ3n) is 2.86. The van der Waals surface area contributed by atoms with E-state index in [4.69, 9.17) is 13.6 Å². The third-order valence-corrected chi connectivity index (χ3v) is 6.16. The molecule has 4 nitrogen and oxygen atoms in total. The van der Waals surface area contributed by atoms with Crippen molar-refractivity contribution < 1.29 is 18.4 Å². The Hall–Kier alpha value is -0.653. The van der Waals surface area contributed by atoms with E-state index in [1.54, 1.807) is 6.92 Å². The first-order valence-electron chi connectivity index (χ1n) is 7.05. The maximum absolute atomic E-state index is 11.8. The highest BCUT2D eigenvalue weighted by molar-refractivity contribution is 6.67. The van der Waals surface area contributed by atoms with Gasteiger partial charge in [0.2, 0.25) is 0 Å². The molecule has 0 fully saturated rings. The predicted octanol–water partition coefficient (Wildman–Crippen LogP) is 3.35. The fourth-order valence-corrected chi connectivity index (χ4v) is 4.50. The lowest BCUT2D eigenvalue weighted by Gasteiger charge is -2.33. The molecule has 0 bridgehead atoms. The van der Waals surface area contributed by atoms with Crippen molar-refractivity contribution in [1.82, 2.24) is 0 Å². The average molecular weight is 288 g/mol. The van der Waals surface area contributed by atoms with Crippen molar-refractivity contribution in [3.8, 4) is 0 Å². The van der Waals surface area contributed by atoms with Gasteiger partial charge >= 0.3 is 14.5 Å². The smallest absolute Gasteiger partial charge is 0.377 e. The summed E-state index contributed by atoms with van der Waals surface area (Å²) in [7, 11) is -2.51. The zero-order chi connectivity index (χ0) is 14.9. The van der Waals surface area contributed by atoms with E-state index in [9.17, 15) is 4.79 Å². The number of unbranched alkanes of at least 4 members (excludes halogenated alkanes) is 1. The quantitative estimate of drug-likeness (QED) is 0.351. The minimum absolute atomic E-state index is 0.281. The van der Waals surface area contributed by atoms with Gasteiger partial charge in [0.05, 0.1) is 0 Å². The first kappa shape index (κ1) is 18.3. The predicted molar refractivity (Wildman–Crippen MR) is 79.1 cm³/mol. The van der Waals surface area contributed by atoms with E-state index in [1.807, 2.05) is 20.4 Å². The summed E-state index contributed by atoms with van der Waals surface area (Å²) in [5.74, 6) is -0.362. The van der Waals surface area contributed by atoms with Crippen molar-refractivity contribution in [2.45, 2.75) is 59.2 Å². The minimum Gasteiger partial charge on any atom is -0.457 e. The summed E-state index contributed by atoms with van der Waals surface area (Å²) in [4.78, 5) is 11.8. The first-order valence-corrected chi connectivity index (χ1v) is 9.45. The van der Waals surface area contributed by atoms with Crippen LogP contribution in [0.15, 0.2) is 12.2 Å². The molecule has 0 saturated heterocycles. The Morgan fingerprint density at radius 3 is 2.11 bits per heavy atom. The van der Waals surface area contributed by atoms with Crippen LogP contribution in [0.25, 0.3) is 0 Å². The molecule has 0 amide bonds. The summed E-state index contributed by atoms with van der Waals surface area (Å²) in [5.41, 5.74) is 0.127. The lowest BCUT2D eigenvalue weighted by atomic mass is 10.2. The number of ether oxygens (including phenoxy) is 1. The first-order chi connectivity index (χ1) is 8.91. The molecule has 0 rings (SSSR count). The SMILES string of the molecule is C=C(C)C(=O)OC(CCCC)[Si](C)(OCC)OCC. The molecule has 0 aliphatic carbocycles. The van der Waals surface area contributed by atoms with E-state index in [-0.39, 0.29) is 11.7 Å². The summed E-state index contributed by atoms with van der Waals surface area (Å²) in [6.45, 7) is 14.3. The Morgan fingerprint density at radius 1 is 1.21 bits per heavy atom. The van der Waals surface area contributed by atoms with E-state index in [1.165, 1.54) is 0 Å². The van der Waals surface area contributed by atoms with Crippen LogP contribution in [0.3, 0.4) is 0 Å². The summed E-state index contributed by atoms with van der Waals surface area (Å²) in [5, 5.41) is 0. The van der Waals surface area contributed by atoms with Crippen molar-refractivity contribution in [3.05, 3.63) is 12.2 Å². The van der Waals surface area contributed by atoms with Crippen molar-refractivity contribution in [2.24, 2.45) is 0 Å². The van der Waals surface area contributed by atoms with Crippen LogP contribution in [-0.2, 0) is 18.4 Å². The van der Waals surface area contributed by atoms with Crippen LogP contribution in [0, 0.1) is 0 Å². The molecule has 112 valence electrons. The summed E-state index contributed by atoms with van der Waals surface area (Å²) in [6.07, 6.45) is 2.80. The summed E-state index contributed by atoms with van der Waals surface area (Å²) >= 11 is 0. The molecule has 0 N–H and O–H groups in total. The Labute approximate surface area is 118 Å². The van der Waals surface area contributed by atoms with Crippen LogP contribution < -0.4 is 0 Å². The molecule has 0 aromatic heterocycles. The van der Waals surface area contributed by atoms with Crippen LogP contribution in [-0.4, -0.2) is 33.5 Å². The lowest BCUT2D eigenvalue weighted by molar-refractivity contribution is -0.142. The van der Waals surface area contributed by atoms with Crippen LogP contribution in [0.5, 0.6) is 0 Å². The Kier molecular flexibility index (Phi) is 8.96. The minimum atomic E-state index is -2.51. The van der Waals surface area contributed by atoms with Crippen LogP contribution in [0.2, 0.25) is 6.55 Å². The van der Waals surface area contributed by atoms with Gasteiger partial charge in [-0.15, -0.1) is 0 Å². The topological polar surface area (TPSA) is 44.8 Å². The van der Waals surface area contributed by atoms with E-state index < -0.39 is 8.56 Å². The average Bonchev–Trinajstić information content (AvgIpc) is 2.34. The van der Waals surface area contributed by atoms with E-state index in [0.717, 1.165) is 19.3 Å². The summed E-state index contributed by atoms with van der Waals surface area (Å²) in [6, 6.07) is 0. The maximum Gasteiger partial charge on any atom is 0.377 e. The van der Waals surface area contributed by atoms with Gasteiger partial charge in [0.1, 0.15) is 5.73 Å². The normalized spacial score (nSPS) is 13.1. The highest BCUT2D eigenvalue weighted by Crippen LogP contribution is 2.22. The number of hydrogen-bond donors (Lipinski definition) is 0. The monoisotopic (exact) mass is 288 g/mol. The Balaban J connectivity index is 4.94. The van der Waals surface area contributed by atoms with Crippen LogP contribution in [0.1, 0.15) is 47.0 Å². The lowest BCUT2D eigenvalue weighted by Crippen LogP contribution is -2.53. The van der Waals surface area contributed by atoms with Crippen LogP contribution in [0.4, 0.5) is 0 Å². The fraction of sp³-hybridized carbons (Fsp3) is 0.786. The molecule has 0 aromatic rings. The molecule has 0 heterocycles. The molecule has 0 aromatic carbocycles. The molecule has 0 aliphatic rings. The zero-order valence-corrected chi connectivity index (χ0v) is 14.0. The Bertz CT molecular complexity index is 285. The highest BCUT2D eigenvalue weighted by Gasteiger charge is 2.43. The molecule has 0 saturated carbocycles. The van der Waals surface area contributed by atoms with E-state index in [0.29, 0.717) is 18.8 Å². The van der Waals surface area contributed by atoms with Crippen molar-refractivity contribution in [1.29, 1.82) is 0 Å². The fourth-order valence-electron chi connectivity index (χ4n) is 1.85. The standard InChI is InChI=1S/C14H28O4Si/c1-7-10-11-13(18-14(15)12(4)5)19(6,16-8-2)17-9-3/h13H,4,7-11H2,1-3,5-6H3. The third kappa shape index (κ3) is 6.36. The molecular weight excluding hydrogens is 260 g/mol. The zero-order valence-electron chi connectivity index (χ0n) is 13.0. The molecule has 0 radical (unpaired) electrons. The second-order valence-corrected chi connectivity index (χ2v) is 7.95. The van der Waals surface area contributed by atoms with Gasteiger partial charge in [-0.05, 0) is 33.7 Å². The number of rotatable bonds is 10. The van der Waals surface area contributed by atoms with Crippen molar-refractivity contribution in [2.75, 3.05) is 13.2 Å². The molecule has 19 heavy (non-hydrogen) atoms. The molecular formula is C14H28O4Si. The van der Waals surface area contributed by atoms with Gasteiger partial charge in [-0.2, -0.15) is 0 Å². The molecule has 1 atom stereocenters. The van der Waals surface area contributed by atoms with Crippen LogP contribution >= 0.6 is 0 Å². The second kappa shape index (κ2) is 9.28. The Morgan fingerprint density at radius 2 is 1.74 bits per heavy atom. The molecule has 1 unspecified atom stereocenters. The summed E-state index contributed by atoms with van der Waals surface area (Å²) < 4.78 is 17.2. The van der Waals surface area contributed by atoms with Gasteiger partial charge in [-0.25, -0.2) is 4.79 Å². The molecule has 0 aliphatic heterocycles.